The van der Waals surface area contributed by atoms with Gasteiger partial charge in [0.1, 0.15) is 18.0 Å². The third kappa shape index (κ3) is 5.64. The molecule has 1 N–H and O–H groups in total. The summed E-state index contributed by atoms with van der Waals surface area (Å²) in [6.07, 6.45) is -3.72. The Hall–Kier alpha value is -3.55. The number of benzene rings is 3. The molecule has 3 aromatic rings. The van der Waals surface area contributed by atoms with Crippen molar-refractivity contribution in [3.05, 3.63) is 82.7 Å². The predicted molar refractivity (Wildman–Crippen MR) is 127 cm³/mol. The van der Waals surface area contributed by atoms with Gasteiger partial charge in [0, 0.05) is 12.0 Å². The lowest BCUT2D eigenvalue weighted by atomic mass is 9.94. The zero-order valence-electron chi connectivity index (χ0n) is 20.1. The van der Waals surface area contributed by atoms with Crippen LogP contribution in [0, 0.1) is 11.7 Å². The maximum absolute atomic E-state index is 14.7. The number of carboxylic acids is 1. The number of rotatable bonds is 7. The highest BCUT2D eigenvalue weighted by Gasteiger charge is 2.33. The third-order valence-corrected chi connectivity index (χ3v) is 6.10. The van der Waals surface area contributed by atoms with Crippen molar-refractivity contribution >= 4 is 5.97 Å². The quantitative estimate of drug-likeness (QED) is 0.351. The second kappa shape index (κ2) is 9.48. The average Bonchev–Trinajstić information content (AvgIpc) is 3.11. The van der Waals surface area contributed by atoms with E-state index in [2.05, 4.69) is 0 Å². The molecule has 4 nitrogen and oxygen atoms in total. The van der Waals surface area contributed by atoms with Crippen molar-refractivity contribution in [1.82, 2.24) is 0 Å². The van der Waals surface area contributed by atoms with Crippen LogP contribution in [-0.2, 0) is 30.4 Å². The second-order valence-corrected chi connectivity index (χ2v) is 9.74. The molecule has 4 rings (SSSR count). The predicted octanol–water partition coefficient (Wildman–Crippen LogP) is 7.07. The van der Waals surface area contributed by atoms with Gasteiger partial charge in [0.05, 0.1) is 11.5 Å². The summed E-state index contributed by atoms with van der Waals surface area (Å²) < 4.78 is 66.3. The van der Waals surface area contributed by atoms with E-state index in [0.29, 0.717) is 34.4 Å². The molecular formula is C28H26F4O4. The maximum atomic E-state index is 14.7. The van der Waals surface area contributed by atoms with Crippen molar-refractivity contribution in [2.45, 2.75) is 52.0 Å². The minimum atomic E-state index is -4.46. The van der Waals surface area contributed by atoms with E-state index in [1.54, 1.807) is 25.1 Å². The highest BCUT2D eigenvalue weighted by molar-refractivity contribution is 5.70. The van der Waals surface area contributed by atoms with E-state index in [-0.39, 0.29) is 18.8 Å². The highest BCUT2D eigenvalue weighted by atomic mass is 19.4. The van der Waals surface area contributed by atoms with Crippen molar-refractivity contribution in [3.8, 4) is 22.6 Å². The number of halogens is 4. The minimum absolute atomic E-state index is 0.0165. The normalized spacial score (nSPS) is 15.2. The molecule has 0 fully saturated rings. The molecule has 190 valence electrons. The largest absolute Gasteiger partial charge is 0.487 e. The fraction of sp³-hybridized carbons (Fsp3) is 0.321. The monoisotopic (exact) mass is 502 g/mol. The van der Waals surface area contributed by atoms with Crippen molar-refractivity contribution in [3.63, 3.8) is 0 Å². The van der Waals surface area contributed by atoms with Gasteiger partial charge in [-0.3, -0.25) is 4.79 Å². The van der Waals surface area contributed by atoms with Gasteiger partial charge in [-0.2, -0.15) is 13.2 Å². The first-order valence-electron chi connectivity index (χ1n) is 11.5. The van der Waals surface area contributed by atoms with Crippen LogP contribution in [0.15, 0.2) is 54.6 Å². The zero-order valence-corrected chi connectivity index (χ0v) is 20.1. The summed E-state index contributed by atoms with van der Waals surface area (Å²) in [5, 5.41) is 9.06. The van der Waals surface area contributed by atoms with Crippen molar-refractivity contribution < 1.29 is 36.9 Å². The minimum Gasteiger partial charge on any atom is -0.487 e. The molecule has 1 heterocycles. The molecule has 36 heavy (non-hydrogen) atoms. The van der Waals surface area contributed by atoms with Crippen LogP contribution in [-0.4, -0.2) is 16.7 Å². The first-order chi connectivity index (χ1) is 16.8. The number of ether oxygens (including phenoxy) is 2. The molecule has 0 radical (unpaired) electrons. The van der Waals surface area contributed by atoms with E-state index in [1.165, 1.54) is 18.2 Å². The molecule has 0 saturated carbocycles. The number of carboxylic acid groups (broad SMARTS) is 1. The maximum Gasteiger partial charge on any atom is 0.416 e. The van der Waals surface area contributed by atoms with Gasteiger partial charge in [0.15, 0.2) is 11.6 Å². The van der Waals surface area contributed by atoms with E-state index >= 15 is 0 Å². The van der Waals surface area contributed by atoms with Crippen LogP contribution in [0.2, 0.25) is 0 Å². The number of hydrogen-bond donors (Lipinski definition) is 1. The summed E-state index contributed by atoms with van der Waals surface area (Å²) in [5.41, 5.74) is 1.71. The lowest BCUT2D eigenvalue weighted by Crippen LogP contribution is -2.25. The molecular weight excluding hydrogens is 476 g/mol. The summed E-state index contributed by atoms with van der Waals surface area (Å²) in [7, 11) is 0. The van der Waals surface area contributed by atoms with Gasteiger partial charge in [-0.15, -0.1) is 0 Å². The van der Waals surface area contributed by atoms with Gasteiger partial charge in [-0.05, 0) is 78.9 Å². The third-order valence-electron chi connectivity index (χ3n) is 6.10. The Morgan fingerprint density at radius 3 is 2.53 bits per heavy atom. The summed E-state index contributed by atoms with van der Waals surface area (Å²) in [4.78, 5) is 11.1. The standard InChI is InChI=1S/C28H26F4O4/c1-16(26(33)34)9-17-7-8-24(23(29)10-17)35-15-21-12-19(11-20-14-27(2,3)36-25(20)21)18-5-4-6-22(13-18)28(30,31)32/h4-8,10-13,16H,9,14-15H2,1-3H3,(H,33,34). The molecule has 0 bridgehead atoms. The molecule has 0 aliphatic carbocycles. The zero-order chi connectivity index (χ0) is 26.3. The number of fused-ring (bicyclic) bond motifs is 1. The molecule has 3 aromatic carbocycles. The lowest BCUT2D eigenvalue weighted by Gasteiger charge is -2.19. The molecule has 1 aliphatic heterocycles. The Balaban J connectivity index is 1.63. The first-order valence-corrected chi connectivity index (χ1v) is 11.5. The molecule has 1 unspecified atom stereocenters. The fourth-order valence-corrected chi connectivity index (χ4v) is 4.32. The van der Waals surface area contributed by atoms with Crippen LogP contribution in [0.4, 0.5) is 17.6 Å². The SMILES string of the molecule is CC(Cc1ccc(OCc2cc(-c3cccc(C(F)(F)F)c3)cc3c2OC(C)(C)C3)c(F)c1)C(=O)O. The Kier molecular flexibility index (Phi) is 6.73. The van der Waals surface area contributed by atoms with Crippen molar-refractivity contribution in [1.29, 1.82) is 0 Å². The van der Waals surface area contributed by atoms with Crippen LogP contribution in [0.1, 0.15) is 43.0 Å². The van der Waals surface area contributed by atoms with Gasteiger partial charge in [-0.25, -0.2) is 4.39 Å². The van der Waals surface area contributed by atoms with Gasteiger partial charge >= 0.3 is 12.1 Å². The molecule has 0 amide bonds. The number of aliphatic carboxylic acids is 1. The molecule has 0 spiro atoms. The first kappa shape index (κ1) is 25.5. The lowest BCUT2D eigenvalue weighted by molar-refractivity contribution is -0.141. The number of alkyl halides is 3. The highest BCUT2D eigenvalue weighted by Crippen LogP contribution is 2.42. The number of carbonyl (C=O) groups is 1. The van der Waals surface area contributed by atoms with E-state index in [9.17, 15) is 22.4 Å². The van der Waals surface area contributed by atoms with Crippen molar-refractivity contribution in [2.75, 3.05) is 0 Å². The summed E-state index contributed by atoms with van der Waals surface area (Å²) in [6, 6.07) is 12.9. The van der Waals surface area contributed by atoms with Crippen LogP contribution < -0.4 is 9.47 Å². The van der Waals surface area contributed by atoms with Gasteiger partial charge in [0.2, 0.25) is 0 Å². The van der Waals surface area contributed by atoms with E-state index in [4.69, 9.17) is 14.6 Å². The van der Waals surface area contributed by atoms with Crippen molar-refractivity contribution in [2.24, 2.45) is 5.92 Å². The Morgan fingerprint density at radius 2 is 1.86 bits per heavy atom. The molecule has 0 saturated heterocycles. The topological polar surface area (TPSA) is 55.8 Å². The molecule has 1 atom stereocenters. The Labute approximate surface area is 206 Å². The summed E-state index contributed by atoms with van der Waals surface area (Å²) in [6.45, 7) is 5.31. The Morgan fingerprint density at radius 1 is 1.11 bits per heavy atom. The molecule has 8 heteroatoms. The van der Waals surface area contributed by atoms with Crippen LogP contribution in [0.3, 0.4) is 0 Å². The summed E-state index contributed by atoms with van der Waals surface area (Å²) in [5.74, 6) is -1.68. The van der Waals surface area contributed by atoms with E-state index < -0.39 is 35.0 Å². The molecule has 1 aliphatic rings. The summed E-state index contributed by atoms with van der Waals surface area (Å²) >= 11 is 0. The van der Waals surface area contributed by atoms with Crippen LogP contribution in [0.5, 0.6) is 11.5 Å². The smallest absolute Gasteiger partial charge is 0.416 e. The fourth-order valence-electron chi connectivity index (χ4n) is 4.32. The number of hydrogen-bond acceptors (Lipinski definition) is 3. The van der Waals surface area contributed by atoms with E-state index in [0.717, 1.165) is 17.7 Å². The Bertz CT molecular complexity index is 1300. The second-order valence-electron chi connectivity index (χ2n) is 9.74. The van der Waals surface area contributed by atoms with Crippen LogP contribution >= 0.6 is 0 Å². The van der Waals surface area contributed by atoms with E-state index in [1.807, 2.05) is 19.9 Å². The van der Waals surface area contributed by atoms with Gasteiger partial charge in [-0.1, -0.05) is 25.1 Å². The van der Waals surface area contributed by atoms with Gasteiger partial charge < -0.3 is 14.6 Å². The molecule has 0 aromatic heterocycles. The average molecular weight is 503 g/mol. The van der Waals surface area contributed by atoms with Gasteiger partial charge in [0.25, 0.3) is 0 Å². The van der Waals surface area contributed by atoms with Crippen LogP contribution in [0.25, 0.3) is 11.1 Å².